The number of rotatable bonds is 8. The maximum absolute atomic E-state index is 12.5. The fraction of sp³-hybridized carbons (Fsp3) is 0.130. The molecule has 0 saturated carbocycles. The van der Waals surface area contributed by atoms with Gasteiger partial charge in [0.15, 0.2) is 15.1 Å². The summed E-state index contributed by atoms with van der Waals surface area (Å²) in [5.41, 5.74) is 3.34. The van der Waals surface area contributed by atoms with Crippen LogP contribution in [-0.2, 0) is 10.5 Å². The van der Waals surface area contributed by atoms with Gasteiger partial charge in [-0.05, 0) is 24.6 Å². The molecule has 0 saturated heterocycles. The van der Waals surface area contributed by atoms with Crippen molar-refractivity contribution in [3.8, 4) is 5.69 Å². The monoisotopic (exact) mass is 521 g/mol. The number of aromatic amines is 1. The van der Waals surface area contributed by atoms with Crippen LogP contribution < -0.4 is 10.9 Å². The van der Waals surface area contributed by atoms with Gasteiger partial charge in [-0.1, -0.05) is 82.9 Å². The average Bonchev–Trinajstić information content (AvgIpc) is 3.50. The van der Waals surface area contributed by atoms with Crippen molar-refractivity contribution in [2.45, 2.75) is 22.2 Å². The topological polar surface area (TPSA) is 118 Å². The number of amides is 1. The van der Waals surface area contributed by atoms with E-state index in [9.17, 15) is 9.59 Å². The first-order valence-corrected chi connectivity index (χ1v) is 13.3. The zero-order chi connectivity index (χ0) is 24.2. The summed E-state index contributed by atoms with van der Waals surface area (Å²) in [5.74, 6) is 0.569. The number of anilines is 1. The molecule has 0 radical (unpaired) electrons. The Labute approximate surface area is 212 Å². The van der Waals surface area contributed by atoms with Crippen molar-refractivity contribution >= 4 is 56.9 Å². The normalized spacial score (nSPS) is 11.1. The van der Waals surface area contributed by atoms with Crippen LogP contribution in [0, 0.1) is 6.92 Å². The second-order valence-electron chi connectivity index (χ2n) is 7.48. The number of thioether (sulfide) groups is 2. The minimum atomic E-state index is -0.306. The molecule has 0 bridgehead atoms. The Bertz CT molecular complexity index is 1530. The van der Waals surface area contributed by atoms with E-state index < -0.39 is 0 Å². The van der Waals surface area contributed by atoms with Crippen LogP contribution in [0.4, 0.5) is 5.13 Å². The fourth-order valence-electron chi connectivity index (χ4n) is 3.16. The van der Waals surface area contributed by atoms with E-state index in [1.54, 1.807) is 16.4 Å². The van der Waals surface area contributed by atoms with Crippen molar-refractivity contribution in [2.75, 3.05) is 11.1 Å². The number of benzene rings is 2. The molecule has 9 nitrogen and oxygen atoms in total. The molecule has 0 aliphatic heterocycles. The first kappa shape index (κ1) is 23.3. The van der Waals surface area contributed by atoms with E-state index in [2.05, 4.69) is 61.8 Å². The number of fused-ring (bicyclic) bond motifs is 1. The highest BCUT2D eigenvalue weighted by Gasteiger charge is 2.14. The first-order valence-electron chi connectivity index (χ1n) is 10.5. The molecular formula is C23H19N7O2S3. The van der Waals surface area contributed by atoms with Crippen LogP contribution in [-0.4, -0.2) is 41.6 Å². The molecule has 5 aromatic rings. The summed E-state index contributed by atoms with van der Waals surface area (Å²) in [6.07, 6.45) is 1.49. The molecule has 3 heterocycles. The van der Waals surface area contributed by atoms with E-state index in [1.165, 1.54) is 28.7 Å². The van der Waals surface area contributed by atoms with E-state index in [1.807, 2.05) is 30.3 Å². The zero-order valence-corrected chi connectivity index (χ0v) is 20.9. The smallest absolute Gasteiger partial charge is 0.262 e. The summed E-state index contributed by atoms with van der Waals surface area (Å²) in [5, 5.41) is 16.4. The van der Waals surface area contributed by atoms with Gasteiger partial charge in [0.25, 0.3) is 5.56 Å². The molecule has 0 spiro atoms. The van der Waals surface area contributed by atoms with Crippen LogP contribution >= 0.6 is 34.9 Å². The van der Waals surface area contributed by atoms with Crippen molar-refractivity contribution in [3.05, 3.63) is 82.3 Å². The molecule has 0 aliphatic rings. The molecule has 3 aromatic heterocycles. The van der Waals surface area contributed by atoms with Gasteiger partial charge in [-0.25, -0.2) is 9.67 Å². The Morgan fingerprint density at radius 3 is 2.69 bits per heavy atom. The molecule has 2 N–H and O–H groups in total. The molecule has 12 heteroatoms. The molecule has 5 rings (SSSR count). The second-order valence-corrected chi connectivity index (χ2v) is 10.6. The lowest BCUT2D eigenvalue weighted by atomic mass is 10.2. The van der Waals surface area contributed by atoms with E-state index in [0.29, 0.717) is 21.3 Å². The molecular weight excluding hydrogens is 503 g/mol. The SMILES string of the molecule is Cc1ccc(CSc2nnc(NC(=O)CSc3nc4c(cnn4-c4ccccc4)c(=O)[nH]3)s2)cc1. The van der Waals surface area contributed by atoms with Gasteiger partial charge in [0.2, 0.25) is 11.0 Å². The van der Waals surface area contributed by atoms with E-state index >= 15 is 0 Å². The van der Waals surface area contributed by atoms with E-state index in [4.69, 9.17) is 0 Å². The Balaban J connectivity index is 1.20. The number of para-hydroxylation sites is 1. The quantitative estimate of drug-likeness (QED) is 0.176. The first-order chi connectivity index (χ1) is 17.0. The lowest BCUT2D eigenvalue weighted by molar-refractivity contribution is -0.113. The Kier molecular flexibility index (Phi) is 6.93. The second kappa shape index (κ2) is 10.4. The molecule has 0 unspecified atom stereocenters. The van der Waals surface area contributed by atoms with Gasteiger partial charge in [0.05, 0.1) is 17.6 Å². The largest absolute Gasteiger partial charge is 0.301 e. The van der Waals surface area contributed by atoms with E-state index in [0.717, 1.165) is 27.5 Å². The van der Waals surface area contributed by atoms with Crippen molar-refractivity contribution in [1.29, 1.82) is 0 Å². The van der Waals surface area contributed by atoms with Gasteiger partial charge >= 0.3 is 0 Å². The van der Waals surface area contributed by atoms with Gasteiger partial charge in [-0.2, -0.15) is 5.10 Å². The number of hydrogen-bond acceptors (Lipinski definition) is 9. The third-order valence-corrected chi connectivity index (χ3v) is 7.81. The molecule has 0 atom stereocenters. The summed E-state index contributed by atoms with van der Waals surface area (Å²) in [4.78, 5) is 32.2. The highest BCUT2D eigenvalue weighted by Crippen LogP contribution is 2.28. The van der Waals surface area contributed by atoms with Crippen molar-refractivity contribution in [3.63, 3.8) is 0 Å². The molecule has 1 amide bonds. The molecule has 176 valence electrons. The molecule has 2 aromatic carbocycles. The number of H-pyrrole nitrogens is 1. The lowest BCUT2D eigenvalue weighted by Gasteiger charge is -2.04. The summed E-state index contributed by atoms with van der Waals surface area (Å²) < 4.78 is 2.38. The van der Waals surface area contributed by atoms with Crippen molar-refractivity contribution < 1.29 is 4.79 Å². The van der Waals surface area contributed by atoms with Crippen LogP contribution in [0.25, 0.3) is 16.7 Å². The van der Waals surface area contributed by atoms with Crippen LogP contribution in [0.2, 0.25) is 0 Å². The minimum absolute atomic E-state index is 0.0549. The predicted octanol–water partition coefficient (Wildman–Crippen LogP) is 4.29. The number of nitrogens with one attached hydrogen (secondary N) is 2. The number of carbonyl (C=O) groups is 1. The number of carbonyl (C=O) groups excluding carboxylic acids is 1. The molecule has 35 heavy (non-hydrogen) atoms. The van der Waals surface area contributed by atoms with Gasteiger partial charge in [-0.3, -0.25) is 14.9 Å². The van der Waals surface area contributed by atoms with Crippen molar-refractivity contribution in [1.82, 2.24) is 29.9 Å². The number of nitrogens with zero attached hydrogens (tertiary/aromatic N) is 5. The average molecular weight is 522 g/mol. The standard InChI is InChI=1S/C23H19N7O2S3/c1-14-7-9-15(10-8-14)12-34-23-29-28-22(35-23)25-18(31)13-33-21-26-19-17(20(32)27-21)11-24-30(19)16-5-3-2-4-6-16/h2-11H,12-13H2,1H3,(H,25,28,31)(H,26,27,32). The maximum atomic E-state index is 12.5. The third-order valence-electron chi connectivity index (χ3n) is 4.89. The fourth-order valence-corrected chi connectivity index (χ4v) is 5.54. The maximum Gasteiger partial charge on any atom is 0.262 e. The highest BCUT2D eigenvalue weighted by molar-refractivity contribution is 8.00. The van der Waals surface area contributed by atoms with Gasteiger partial charge in [-0.15, -0.1) is 10.2 Å². The summed E-state index contributed by atoms with van der Waals surface area (Å²) >= 11 is 4.03. The number of hydrogen-bond donors (Lipinski definition) is 2. The molecule has 0 fully saturated rings. The number of aromatic nitrogens is 6. The molecule has 0 aliphatic carbocycles. The van der Waals surface area contributed by atoms with Crippen molar-refractivity contribution in [2.24, 2.45) is 0 Å². The van der Waals surface area contributed by atoms with Gasteiger partial charge in [0, 0.05) is 5.75 Å². The van der Waals surface area contributed by atoms with Gasteiger partial charge < -0.3 is 4.98 Å². The lowest BCUT2D eigenvalue weighted by Crippen LogP contribution is -2.15. The van der Waals surface area contributed by atoms with E-state index in [-0.39, 0.29) is 17.2 Å². The van der Waals surface area contributed by atoms with Crippen LogP contribution in [0.5, 0.6) is 0 Å². The summed E-state index contributed by atoms with van der Waals surface area (Å²) in [7, 11) is 0. The Morgan fingerprint density at radius 1 is 1.09 bits per heavy atom. The third kappa shape index (κ3) is 5.61. The summed E-state index contributed by atoms with van der Waals surface area (Å²) in [6, 6.07) is 17.8. The van der Waals surface area contributed by atoms with Crippen LogP contribution in [0.15, 0.2) is 75.1 Å². The van der Waals surface area contributed by atoms with Crippen LogP contribution in [0.1, 0.15) is 11.1 Å². The Hall–Kier alpha value is -3.48. The predicted molar refractivity (Wildman–Crippen MR) is 139 cm³/mol. The van der Waals surface area contributed by atoms with Gasteiger partial charge in [0.1, 0.15) is 5.39 Å². The highest BCUT2D eigenvalue weighted by atomic mass is 32.2. The Morgan fingerprint density at radius 2 is 1.89 bits per heavy atom. The minimum Gasteiger partial charge on any atom is -0.301 e. The van der Waals surface area contributed by atoms with Crippen LogP contribution in [0.3, 0.4) is 0 Å². The summed E-state index contributed by atoms with van der Waals surface area (Å²) in [6.45, 7) is 2.06. The number of aryl methyl sites for hydroxylation is 1. The zero-order valence-electron chi connectivity index (χ0n) is 18.5.